The van der Waals surface area contributed by atoms with Crippen molar-refractivity contribution in [3.8, 4) is 0 Å². The average Bonchev–Trinajstić information content (AvgIpc) is 2.33. The second kappa shape index (κ2) is 4.69. The standard InChI is InChI=1S/C15H22N2/c1-11-8-13(9-11)17-10-12-6-7-16-15-5-3-2-4-14(12)15/h2-5,11-13,16-17H,6-10H2,1H3. The molecular weight excluding hydrogens is 208 g/mol. The Morgan fingerprint density at radius 3 is 2.94 bits per heavy atom. The fourth-order valence-electron chi connectivity index (χ4n) is 3.14. The van der Waals surface area contributed by atoms with Crippen molar-refractivity contribution in [1.29, 1.82) is 0 Å². The minimum absolute atomic E-state index is 0.698. The molecule has 1 saturated carbocycles. The van der Waals surface area contributed by atoms with E-state index >= 15 is 0 Å². The molecule has 2 nitrogen and oxygen atoms in total. The van der Waals surface area contributed by atoms with Gasteiger partial charge in [-0.1, -0.05) is 25.1 Å². The molecule has 0 amide bonds. The Hall–Kier alpha value is -1.02. The SMILES string of the molecule is CC1CC(NCC2CCNc3ccccc32)C1. The minimum atomic E-state index is 0.698. The average molecular weight is 230 g/mol. The van der Waals surface area contributed by atoms with E-state index in [1.54, 1.807) is 0 Å². The van der Waals surface area contributed by atoms with Crippen LogP contribution in [0, 0.1) is 5.92 Å². The van der Waals surface area contributed by atoms with Gasteiger partial charge in [0.05, 0.1) is 0 Å². The van der Waals surface area contributed by atoms with Gasteiger partial charge < -0.3 is 10.6 Å². The van der Waals surface area contributed by atoms with E-state index in [2.05, 4.69) is 41.8 Å². The van der Waals surface area contributed by atoms with E-state index in [1.165, 1.54) is 30.5 Å². The largest absolute Gasteiger partial charge is 0.385 e. The summed E-state index contributed by atoms with van der Waals surface area (Å²) in [7, 11) is 0. The van der Waals surface area contributed by atoms with Crippen LogP contribution in [-0.4, -0.2) is 19.1 Å². The molecule has 1 aliphatic heterocycles. The van der Waals surface area contributed by atoms with E-state index in [0.717, 1.165) is 25.0 Å². The topological polar surface area (TPSA) is 24.1 Å². The maximum Gasteiger partial charge on any atom is 0.0376 e. The monoisotopic (exact) mass is 230 g/mol. The molecule has 1 fully saturated rings. The molecule has 0 aromatic heterocycles. The molecule has 1 atom stereocenters. The van der Waals surface area contributed by atoms with Crippen molar-refractivity contribution in [2.75, 3.05) is 18.4 Å². The third kappa shape index (κ3) is 2.32. The first-order chi connectivity index (χ1) is 8.33. The van der Waals surface area contributed by atoms with Crippen molar-refractivity contribution in [3.05, 3.63) is 29.8 Å². The Balaban J connectivity index is 1.61. The molecule has 1 heterocycles. The molecule has 1 aromatic carbocycles. The summed E-state index contributed by atoms with van der Waals surface area (Å²) < 4.78 is 0. The van der Waals surface area contributed by atoms with Gasteiger partial charge in [0.2, 0.25) is 0 Å². The molecule has 1 aromatic rings. The normalized spacial score (nSPS) is 31.2. The van der Waals surface area contributed by atoms with Gasteiger partial charge in [0.15, 0.2) is 0 Å². The highest BCUT2D eigenvalue weighted by molar-refractivity contribution is 5.54. The first kappa shape index (κ1) is 11.1. The third-order valence-electron chi connectivity index (χ3n) is 4.24. The molecule has 92 valence electrons. The van der Waals surface area contributed by atoms with Crippen molar-refractivity contribution >= 4 is 5.69 Å². The summed E-state index contributed by atoms with van der Waals surface area (Å²) in [5.41, 5.74) is 2.84. The maximum atomic E-state index is 3.73. The van der Waals surface area contributed by atoms with E-state index in [9.17, 15) is 0 Å². The summed E-state index contributed by atoms with van der Waals surface area (Å²) >= 11 is 0. The van der Waals surface area contributed by atoms with Crippen LogP contribution in [0.4, 0.5) is 5.69 Å². The van der Waals surface area contributed by atoms with Crippen LogP contribution in [0.5, 0.6) is 0 Å². The number of benzene rings is 1. The number of rotatable bonds is 3. The van der Waals surface area contributed by atoms with Crippen molar-refractivity contribution < 1.29 is 0 Å². The van der Waals surface area contributed by atoms with Gasteiger partial charge in [0, 0.05) is 30.7 Å². The highest BCUT2D eigenvalue weighted by atomic mass is 14.9. The Kier molecular flexibility index (Phi) is 3.06. The molecular formula is C15H22N2. The van der Waals surface area contributed by atoms with E-state index in [1.807, 2.05) is 0 Å². The summed E-state index contributed by atoms with van der Waals surface area (Å²) in [5.74, 6) is 1.64. The first-order valence-electron chi connectivity index (χ1n) is 6.89. The molecule has 1 unspecified atom stereocenters. The second-order valence-electron chi connectivity index (χ2n) is 5.68. The summed E-state index contributed by atoms with van der Waals surface area (Å²) in [4.78, 5) is 0. The number of nitrogens with one attached hydrogen (secondary N) is 2. The van der Waals surface area contributed by atoms with Crippen LogP contribution in [0.25, 0.3) is 0 Å². The van der Waals surface area contributed by atoms with Gasteiger partial charge in [-0.15, -0.1) is 0 Å². The Morgan fingerprint density at radius 2 is 2.12 bits per heavy atom. The molecule has 1 aliphatic carbocycles. The lowest BCUT2D eigenvalue weighted by Gasteiger charge is -2.36. The number of anilines is 1. The highest BCUT2D eigenvalue weighted by Gasteiger charge is 2.26. The minimum Gasteiger partial charge on any atom is -0.385 e. The van der Waals surface area contributed by atoms with Gasteiger partial charge in [-0.05, 0) is 36.8 Å². The molecule has 0 radical (unpaired) electrons. The quantitative estimate of drug-likeness (QED) is 0.834. The van der Waals surface area contributed by atoms with Gasteiger partial charge in [0.25, 0.3) is 0 Å². The predicted octanol–water partition coefficient (Wildman–Crippen LogP) is 2.97. The van der Waals surface area contributed by atoms with Crippen LogP contribution in [0.15, 0.2) is 24.3 Å². The van der Waals surface area contributed by atoms with Crippen molar-refractivity contribution in [2.45, 2.75) is 38.1 Å². The molecule has 0 spiro atoms. The van der Waals surface area contributed by atoms with Crippen LogP contribution >= 0.6 is 0 Å². The molecule has 0 bridgehead atoms. The lowest BCUT2D eigenvalue weighted by atomic mass is 9.81. The zero-order valence-corrected chi connectivity index (χ0v) is 10.6. The van der Waals surface area contributed by atoms with Crippen LogP contribution in [-0.2, 0) is 0 Å². The molecule has 3 rings (SSSR count). The second-order valence-corrected chi connectivity index (χ2v) is 5.68. The van der Waals surface area contributed by atoms with Crippen molar-refractivity contribution in [1.82, 2.24) is 5.32 Å². The zero-order chi connectivity index (χ0) is 11.7. The number of fused-ring (bicyclic) bond motifs is 1. The van der Waals surface area contributed by atoms with Crippen molar-refractivity contribution in [2.24, 2.45) is 5.92 Å². The van der Waals surface area contributed by atoms with Crippen LogP contribution < -0.4 is 10.6 Å². The maximum absolute atomic E-state index is 3.73. The van der Waals surface area contributed by atoms with Gasteiger partial charge in [-0.25, -0.2) is 0 Å². The number of para-hydroxylation sites is 1. The fourth-order valence-corrected chi connectivity index (χ4v) is 3.14. The molecule has 0 saturated heterocycles. The van der Waals surface area contributed by atoms with E-state index < -0.39 is 0 Å². The first-order valence-corrected chi connectivity index (χ1v) is 6.89. The molecule has 2 N–H and O–H groups in total. The van der Waals surface area contributed by atoms with Gasteiger partial charge in [0.1, 0.15) is 0 Å². The Bertz CT molecular complexity index is 382. The molecule has 2 aliphatic rings. The molecule has 2 heteroatoms. The summed E-state index contributed by atoms with van der Waals surface area (Å²) in [6, 6.07) is 9.54. The third-order valence-corrected chi connectivity index (χ3v) is 4.24. The van der Waals surface area contributed by atoms with Gasteiger partial charge in [-0.3, -0.25) is 0 Å². The van der Waals surface area contributed by atoms with Crippen LogP contribution in [0.3, 0.4) is 0 Å². The number of hydrogen-bond acceptors (Lipinski definition) is 2. The van der Waals surface area contributed by atoms with Gasteiger partial charge in [-0.2, -0.15) is 0 Å². The van der Waals surface area contributed by atoms with Crippen LogP contribution in [0.2, 0.25) is 0 Å². The predicted molar refractivity (Wildman–Crippen MR) is 72.5 cm³/mol. The highest BCUT2D eigenvalue weighted by Crippen LogP contribution is 2.32. The summed E-state index contributed by atoms with van der Waals surface area (Å²) in [5, 5.41) is 7.22. The smallest absolute Gasteiger partial charge is 0.0376 e. The van der Waals surface area contributed by atoms with Gasteiger partial charge >= 0.3 is 0 Å². The number of hydrogen-bond donors (Lipinski definition) is 2. The van der Waals surface area contributed by atoms with E-state index in [4.69, 9.17) is 0 Å². The van der Waals surface area contributed by atoms with Crippen molar-refractivity contribution in [3.63, 3.8) is 0 Å². The Labute approximate surface area is 104 Å². The fraction of sp³-hybridized carbons (Fsp3) is 0.600. The Morgan fingerprint density at radius 1 is 1.29 bits per heavy atom. The van der Waals surface area contributed by atoms with E-state index in [-0.39, 0.29) is 0 Å². The summed E-state index contributed by atoms with van der Waals surface area (Å²) in [6.45, 7) is 4.61. The van der Waals surface area contributed by atoms with Crippen LogP contribution in [0.1, 0.15) is 37.7 Å². The summed E-state index contributed by atoms with van der Waals surface area (Å²) in [6.07, 6.45) is 3.99. The lowest BCUT2D eigenvalue weighted by molar-refractivity contribution is 0.237. The molecule has 17 heavy (non-hydrogen) atoms. The lowest BCUT2D eigenvalue weighted by Crippen LogP contribution is -2.42. The zero-order valence-electron chi connectivity index (χ0n) is 10.6. The van der Waals surface area contributed by atoms with E-state index in [0.29, 0.717) is 5.92 Å².